The highest BCUT2D eigenvalue weighted by Gasteiger charge is 2.19. The van der Waals surface area contributed by atoms with Crippen molar-refractivity contribution in [2.75, 3.05) is 11.1 Å². The van der Waals surface area contributed by atoms with Crippen molar-refractivity contribution >= 4 is 17.4 Å². The van der Waals surface area contributed by atoms with Crippen molar-refractivity contribution in [3.05, 3.63) is 72.1 Å². The quantitative estimate of drug-likeness (QED) is 0.598. The summed E-state index contributed by atoms with van der Waals surface area (Å²) in [7, 11) is 0. The van der Waals surface area contributed by atoms with E-state index in [0.717, 1.165) is 29.1 Å². The molecule has 0 saturated heterocycles. The van der Waals surface area contributed by atoms with Gasteiger partial charge in [0.2, 0.25) is 0 Å². The maximum Gasteiger partial charge on any atom is 0.256 e. The summed E-state index contributed by atoms with van der Waals surface area (Å²) in [6.07, 6.45) is 8.81. The first kappa shape index (κ1) is 19.1. The zero-order chi connectivity index (χ0) is 20.1. The van der Waals surface area contributed by atoms with Crippen molar-refractivity contribution < 1.29 is 4.79 Å². The average Bonchev–Trinajstić information content (AvgIpc) is 2.77. The number of carbonyl (C=O) groups is 1. The molecule has 3 aromatic rings. The lowest BCUT2D eigenvalue weighted by Gasteiger charge is -2.22. The van der Waals surface area contributed by atoms with Crippen LogP contribution in [0.25, 0.3) is 11.3 Å². The van der Waals surface area contributed by atoms with Gasteiger partial charge in [-0.2, -0.15) is 0 Å². The van der Waals surface area contributed by atoms with Gasteiger partial charge in [-0.3, -0.25) is 4.79 Å². The lowest BCUT2D eigenvalue weighted by molar-refractivity contribution is 0.102. The fourth-order valence-corrected chi connectivity index (χ4v) is 3.90. The van der Waals surface area contributed by atoms with Gasteiger partial charge in [0.1, 0.15) is 0 Å². The van der Waals surface area contributed by atoms with Crippen LogP contribution in [0.3, 0.4) is 0 Å². The topological polar surface area (TPSA) is 80.9 Å². The van der Waals surface area contributed by atoms with Gasteiger partial charge in [0.15, 0.2) is 5.82 Å². The fraction of sp³-hybridized carbons (Fsp3) is 0.292. The molecule has 0 aliphatic heterocycles. The van der Waals surface area contributed by atoms with Gasteiger partial charge in [-0.1, -0.05) is 62.4 Å². The molecule has 3 N–H and O–H groups in total. The summed E-state index contributed by atoms with van der Waals surface area (Å²) in [5.41, 5.74) is 9.77. The standard InChI is InChI=1S/C24H26N4O/c25-20-13-11-18(12-14-20)22-16-26-23(28-24(29)19-9-5-2-6-10-19)21(27-22)15-17-7-3-1-4-8-17/h2,5-6,9-14,16-17H,1,3-4,7-8,15,25H2,(H,26,28,29). The van der Waals surface area contributed by atoms with E-state index >= 15 is 0 Å². The Balaban J connectivity index is 1.63. The van der Waals surface area contributed by atoms with E-state index in [1.165, 1.54) is 32.1 Å². The summed E-state index contributed by atoms with van der Waals surface area (Å²) >= 11 is 0. The molecule has 148 valence electrons. The fourth-order valence-electron chi connectivity index (χ4n) is 3.90. The number of hydrogen-bond acceptors (Lipinski definition) is 4. The first-order valence-electron chi connectivity index (χ1n) is 10.3. The van der Waals surface area contributed by atoms with Crippen molar-refractivity contribution in [3.8, 4) is 11.3 Å². The van der Waals surface area contributed by atoms with Crippen LogP contribution in [-0.4, -0.2) is 15.9 Å². The molecule has 0 spiro atoms. The molecule has 0 atom stereocenters. The van der Waals surface area contributed by atoms with Crippen LogP contribution in [0.2, 0.25) is 0 Å². The Hall–Kier alpha value is -3.21. The van der Waals surface area contributed by atoms with Gasteiger partial charge in [0, 0.05) is 16.8 Å². The van der Waals surface area contributed by atoms with Crippen molar-refractivity contribution in [1.82, 2.24) is 9.97 Å². The van der Waals surface area contributed by atoms with Gasteiger partial charge in [0.25, 0.3) is 5.91 Å². The van der Waals surface area contributed by atoms with E-state index in [-0.39, 0.29) is 5.91 Å². The molecule has 1 aliphatic carbocycles. The van der Waals surface area contributed by atoms with Gasteiger partial charge in [0.05, 0.1) is 17.6 Å². The Morgan fingerprint density at radius 3 is 2.45 bits per heavy atom. The second-order valence-electron chi connectivity index (χ2n) is 7.70. The number of rotatable bonds is 5. The summed E-state index contributed by atoms with van der Waals surface area (Å²) in [6.45, 7) is 0. The maximum absolute atomic E-state index is 12.7. The number of nitrogens with two attached hydrogens (primary N) is 1. The lowest BCUT2D eigenvalue weighted by Crippen LogP contribution is -2.18. The number of carbonyl (C=O) groups excluding carboxylic acids is 1. The lowest BCUT2D eigenvalue weighted by atomic mass is 9.86. The molecule has 5 heteroatoms. The van der Waals surface area contributed by atoms with E-state index in [9.17, 15) is 4.79 Å². The summed E-state index contributed by atoms with van der Waals surface area (Å²) in [6, 6.07) is 16.8. The van der Waals surface area contributed by atoms with Gasteiger partial charge in [-0.15, -0.1) is 0 Å². The maximum atomic E-state index is 12.7. The molecule has 1 fully saturated rings. The average molecular weight is 386 g/mol. The number of anilines is 2. The normalized spacial score (nSPS) is 14.5. The smallest absolute Gasteiger partial charge is 0.256 e. The Kier molecular flexibility index (Phi) is 5.84. The highest BCUT2D eigenvalue weighted by atomic mass is 16.1. The molecule has 4 rings (SSSR count). The number of hydrogen-bond donors (Lipinski definition) is 2. The summed E-state index contributed by atoms with van der Waals surface area (Å²) < 4.78 is 0. The van der Waals surface area contributed by atoms with Crippen LogP contribution in [0.4, 0.5) is 11.5 Å². The number of amides is 1. The molecule has 29 heavy (non-hydrogen) atoms. The minimum absolute atomic E-state index is 0.162. The van der Waals surface area contributed by atoms with E-state index in [1.54, 1.807) is 18.3 Å². The van der Waals surface area contributed by atoms with Crippen LogP contribution in [-0.2, 0) is 6.42 Å². The van der Waals surface area contributed by atoms with Crippen LogP contribution in [0, 0.1) is 5.92 Å². The summed E-state index contributed by atoms with van der Waals surface area (Å²) in [5, 5.41) is 2.97. The third-order valence-electron chi connectivity index (χ3n) is 5.53. The van der Waals surface area contributed by atoms with E-state index in [4.69, 9.17) is 10.7 Å². The molecule has 1 aromatic heterocycles. The minimum Gasteiger partial charge on any atom is -0.399 e. The van der Waals surface area contributed by atoms with E-state index < -0.39 is 0 Å². The van der Waals surface area contributed by atoms with Crippen molar-refractivity contribution in [1.29, 1.82) is 0 Å². The number of benzene rings is 2. The molecule has 0 bridgehead atoms. The molecule has 1 saturated carbocycles. The van der Waals surface area contributed by atoms with Gasteiger partial charge >= 0.3 is 0 Å². The SMILES string of the molecule is Nc1ccc(-c2cnc(NC(=O)c3ccccc3)c(CC3CCCCC3)n2)cc1. The van der Waals surface area contributed by atoms with E-state index in [2.05, 4.69) is 10.3 Å². The van der Waals surface area contributed by atoms with Gasteiger partial charge < -0.3 is 11.1 Å². The number of aromatic nitrogens is 2. The Morgan fingerprint density at radius 2 is 1.72 bits per heavy atom. The molecule has 5 nitrogen and oxygen atoms in total. The first-order valence-corrected chi connectivity index (χ1v) is 10.3. The van der Waals surface area contributed by atoms with Crippen LogP contribution in [0.15, 0.2) is 60.8 Å². The number of nitrogens with zero attached hydrogens (tertiary/aromatic N) is 2. The predicted molar refractivity (Wildman–Crippen MR) is 117 cm³/mol. The number of nitrogens with one attached hydrogen (secondary N) is 1. The van der Waals surface area contributed by atoms with E-state index in [1.807, 2.05) is 42.5 Å². The van der Waals surface area contributed by atoms with Crippen molar-refractivity contribution in [2.45, 2.75) is 38.5 Å². The molecule has 1 heterocycles. The highest BCUT2D eigenvalue weighted by molar-refractivity contribution is 6.04. The third kappa shape index (κ3) is 4.80. The monoisotopic (exact) mass is 386 g/mol. The highest BCUT2D eigenvalue weighted by Crippen LogP contribution is 2.29. The molecule has 0 radical (unpaired) electrons. The molecule has 1 aliphatic rings. The van der Waals surface area contributed by atoms with Crippen molar-refractivity contribution in [2.24, 2.45) is 5.92 Å². The Morgan fingerprint density at radius 1 is 1.00 bits per heavy atom. The largest absolute Gasteiger partial charge is 0.399 e. The van der Waals surface area contributed by atoms with Crippen LogP contribution >= 0.6 is 0 Å². The van der Waals surface area contributed by atoms with Gasteiger partial charge in [-0.05, 0) is 36.6 Å². The second kappa shape index (κ2) is 8.86. The van der Waals surface area contributed by atoms with Crippen molar-refractivity contribution in [3.63, 3.8) is 0 Å². The van der Waals surface area contributed by atoms with Gasteiger partial charge in [-0.25, -0.2) is 9.97 Å². The minimum atomic E-state index is -0.162. The first-order chi connectivity index (χ1) is 14.2. The molecule has 1 amide bonds. The molecule has 2 aromatic carbocycles. The third-order valence-corrected chi connectivity index (χ3v) is 5.53. The van der Waals surface area contributed by atoms with Crippen LogP contribution in [0.5, 0.6) is 0 Å². The van der Waals surface area contributed by atoms with E-state index in [0.29, 0.717) is 17.3 Å². The second-order valence-corrected chi connectivity index (χ2v) is 7.70. The molecule has 0 unspecified atom stereocenters. The predicted octanol–water partition coefficient (Wildman–Crippen LogP) is 5.10. The van der Waals surface area contributed by atoms with Crippen LogP contribution in [0.1, 0.15) is 48.2 Å². The summed E-state index contributed by atoms with van der Waals surface area (Å²) in [5.74, 6) is 0.987. The zero-order valence-corrected chi connectivity index (χ0v) is 16.5. The molecular formula is C24H26N4O. The zero-order valence-electron chi connectivity index (χ0n) is 16.5. The van der Waals surface area contributed by atoms with Crippen LogP contribution < -0.4 is 11.1 Å². The Labute approximate surface area is 171 Å². The molecular weight excluding hydrogens is 360 g/mol. The summed E-state index contributed by atoms with van der Waals surface area (Å²) in [4.78, 5) is 22.1. The Bertz CT molecular complexity index is 964. The number of nitrogen functional groups attached to an aromatic ring is 1.